The highest BCUT2D eigenvalue weighted by atomic mass is 35.5. The van der Waals surface area contributed by atoms with E-state index in [1.165, 1.54) is 18.2 Å². The molecule has 0 saturated carbocycles. The molecule has 0 bridgehead atoms. The molecule has 0 aliphatic heterocycles. The van der Waals surface area contributed by atoms with Gasteiger partial charge in [0.2, 0.25) is 0 Å². The number of nitrogens with one attached hydrogen (secondary N) is 1. The minimum atomic E-state index is -1.17. The maximum absolute atomic E-state index is 12.3. The van der Waals surface area contributed by atoms with E-state index in [-0.39, 0.29) is 16.3 Å². The van der Waals surface area contributed by atoms with E-state index in [0.29, 0.717) is 16.1 Å². The van der Waals surface area contributed by atoms with Crippen LogP contribution in [0.2, 0.25) is 10.0 Å². The van der Waals surface area contributed by atoms with Crippen LogP contribution in [0.5, 0.6) is 0 Å². The highest BCUT2D eigenvalue weighted by Crippen LogP contribution is 2.27. The molecule has 2 rings (SSSR count). The summed E-state index contributed by atoms with van der Waals surface area (Å²) in [7, 11) is 0. The molecule has 6 heteroatoms. The molecule has 0 heterocycles. The first-order chi connectivity index (χ1) is 9.91. The van der Waals surface area contributed by atoms with Crippen molar-refractivity contribution >= 4 is 40.8 Å². The fraction of sp³-hybridized carbons (Fsp3) is 0.0667. The summed E-state index contributed by atoms with van der Waals surface area (Å²) in [5, 5.41) is 12.3. The number of amides is 1. The molecule has 0 radical (unpaired) electrons. The van der Waals surface area contributed by atoms with Gasteiger partial charge in [-0.2, -0.15) is 0 Å². The molecule has 2 aromatic rings. The first-order valence-electron chi connectivity index (χ1n) is 6.00. The molecule has 0 aliphatic carbocycles. The standard InChI is InChI=1S/C15H11Cl2NO3/c1-8-9(4-2-6-11(8)16)14(19)18-13-10(15(20)21)5-3-7-12(13)17/h2-7H,1H3,(H,18,19)(H,20,21). The van der Waals surface area contributed by atoms with Crippen molar-refractivity contribution in [1.29, 1.82) is 0 Å². The van der Waals surface area contributed by atoms with E-state index in [2.05, 4.69) is 5.32 Å². The molecule has 0 saturated heterocycles. The van der Waals surface area contributed by atoms with Crippen molar-refractivity contribution in [3.63, 3.8) is 0 Å². The summed E-state index contributed by atoms with van der Waals surface area (Å²) >= 11 is 11.9. The highest BCUT2D eigenvalue weighted by Gasteiger charge is 2.17. The van der Waals surface area contributed by atoms with Crippen LogP contribution in [-0.4, -0.2) is 17.0 Å². The Bertz CT molecular complexity index is 729. The average molecular weight is 324 g/mol. The lowest BCUT2D eigenvalue weighted by molar-refractivity contribution is 0.0698. The Balaban J connectivity index is 2.41. The zero-order chi connectivity index (χ0) is 15.6. The number of aromatic carboxylic acids is 1. The van der Waals surface area contributed by atoms with Gasteiger partial charge in [0, 0.05) is 10.6 Å². The second kappa shape index (κ2) is 6.16. The molecule has 0 aliphatic rings. The SMILES string of the molecule is Cc1c(Cl)cccc1C(=O)Nc1c(Cl)cccc1C(=O)O. The van der Waals surface area contributed by atoms with Gasteiger partial charge in [0.1, 0.15) is 0 Å². The molecule has 0 fully saturated rings. The van der Waals surface area contributed by atoms with Gasteiger partial charge in [-0.15, -0.1) is 0 Å². The van der Waals surface area contributed by atoms with Crippen molar-refractivity contribution in [3.05, 3.63) is 63.1 Å². The molecule has 0 atom stereocenters. The topological polar surface area (TPSA) is 66.4 Å². The van der Waals surface area contributed by atoms with Gasteiger partial charge in [0.05, 0.1) is 16.3 Å². The molecule has 0 spiro atoms. The van der Waals surface area contributed by atoms with Crippen LogP contribution < -0.4 is 5.32 Å². The number of benzene rings is 2. The average Bonchev–Trinajstić information content (AvgIpc) is 2.43. The molecule has 4 nitrogen and oxygen atoms in total. The second-order valence-electron chi connectivity index (χ2n) is 4.33. The van der Waals surface area contributed by atoms with E-state index < -0.39 is 11.9 Å². The molecule has 0 aromatic heterocycles. The number of hydrogen-bond donors (Lipinski definition) is 2. The fourth-order valence-electron chi connectivity index (χ4n) is 1.86. The maximum atomic E-state index is 12.3. The van der Waals surface area contributed by atoms with E-state index in [9.17, 15) is 9.59 Å². The minimum absolute atomic E-state index is 0.0658. The lowest BCUT2D eigenvalue weighted by atomic mass is 10.1. The third-order valence-electron chi connectivity index (χ3n) is 2.99. The smallest absolute Gasteiger partial charge is 0.337 e. The van der Waals surface area contributed by atoms with Gasteiger partial charge in [0.25, 0.3) is 5.91 Å². The van der Waals surface area contributed by atoms with Crippen LogP contribution in [-0.2, 0) is 0 Å². The number of para-hydroxylation sites is 1. The summed E-state index contributed by atoms with van der Waals surface area (Å²) in [5.41, 5.74) is 0.964. The zero-order valence-electron chi connectivity index (χ0n) is 11.0. The summed E-state index contributed by atoms with van der Waals surface area (Å²) in [6.07, 6.45) is 0. The second-order valence-corrected chi connectivity index (χ2v) is 5.15. The Labute approximate surface area is 131 Å². The van der Waals surface area contributed by atoms with Gasteiger partial charge in [-0.3, -0.25) is 4.79 Å². The Morgan fingerprint density at radius 1 is 1.00 bits per heavy atom. The van der Waals surface area contributed by atoms with E-state index in [4.69, 9.17) is 28.3 Å². The Hall–Kier alpha value is -2.04. The number of carbonyl (C=O) groups excluding carboxylic acids is 1. The van der Waals surface area contributed by atoms with Gasteiger partial charge in [-0.25, -0.2) is 4.79 Å². The lowest BCUT2D eigenvalue weighted by Gasteiger charge is -2.12. The number of anilines is 1. The molecule has 2 aromatic carbocycles. The molecular formula is C15H11Cl2NO3. The lowest BCUT2D eigenvalue weighted by Crippen LogP contribution is -2.16. The predicted molar refractivity (Wildman–Crippen MR) is 82.6 cm³/mol. The summed E-state index contributed by atoms with van der Waals surface area (Å²) in [6, 6.07) is 9.31. The summed E-state index contributed by atoms with van der Waals surface area (Å²) in [6.45, 7) is 1.71. The Morgan fingerprint density at radius 3 is 2.19 bits per heavy atom. The van der Waals surface area contributed by atoms with E-state index in [0.717, 1.165) is 0 Å². The molecule has 0 unspecified atom stereocenters. The van der Waals surface area contributed by atoms with Crippen LogP contribution in [0.3, 0.4) is 0 Å². The molecule has 108 valence electrons. The highest BCUT2D eigenvalue weighted by molar-refractivity contribution is 6.35. The van der Waals surface area contributed by atoms with Gasteiger partial charge in [0.15, 0.2) is 0 Å². The Kier molecular flexibility index (Phi) is 4.50. The van der Waals surface area contributed by atoms with Crippen molar-refractivity contribution in [2.45, 2.75) is 6.92 Å². The van der Waals surface area contributed by atoms with Crippen LogP contribution >= 0.6 is 23.2 Å². The van der Waals surface area contributed by atoms with Gasteiger partial charge >= 0.3 is 5.97 Å². The Morgan fingerprint density at radius 2 is 1.57 bits per heavy atom. The van der Waals surface area contributed by atoms with Crippen molar-refractivity contribution in [3.8, 4) is 0 Å². The molecule has 2 N–H and O–H groups in total. The number of hydrogen-bond acceptors (Lipinski definition) is 2. The molecule has 21 heavy (non-hydrogen) atoms. The van der Waals surface area contributed by atoms with Crippen molar-refractivity contribution in [1.82, 2.24) is 0 Å². The number of carboxylic acid groups (broad SMARTS) is 1. The molecule has 1 amide bonds. The number of halogens is 2. The zero-order valence-corrected chi connectivity index (χ0v) is 12.5. The monoisotopic (exact) mass is 323 g/mol. The maximum Gasteiger partial charge on any atom is 0.337 e. The fourth-order valence-corrected chi connectivity index (χ4v) is 2.26. The largest absolute Gasteiger partial charge is 0.478 e. The van der Waals surface area contributed by atoms with Crippen LogP contribution in [0.25, 0.3) is 0 Å². The van der Waals surface area contributed by atoms with Crippen LogP contribution in [0.15, 0.2) is 36.4 Å². The first-order valence-corrected chi connectivity index (χ1v) is 6.75. The number of carboxylic acids is 1. The van der Waals surface area contributed by atoms with Crippen LogP contribution in [0.1, 0.15) is 26.3 Å². The first kappa shape index (κ1) is 15.4. The number of carbonyl (C=O) groups is 2. The summed E-state index contributed by atoms with van der Waals surface area (Å²) < 4.78 is 0. The number of rotatable bonds is 3. The van der Waals surface area contributed by atoms with Gasteiger partial charge < -0.3 is 10.4 Å². The van der Waals surface area contributed by atoms with Crippen LogP contribution in [0, 0.1) is 6.92 Å². The summed E-state index contributed by atoms with van der Waals surface area (Å²) in [4.78, 5) is 23.5. The quantitative estimate of drug-likeness (QED) is 0.887. The van der Waals surface area contributed by atoms with Crippen molar-refractivity contribution in [2.75, 3.05) is 5.32 Å². The van der Waals surface area contributed by atoms with Crippen molar-refractivity contribution in [2.24, 2.45) is 0 Å². The third-order valence-corrected chi connectivity index (χ3v) is 3.72. The molecular weight excluding hydrogens is 313 g/mol. The third kappa shape index (κ3) is 3.17. The van der Waals surface area contributed by atoms with E-state index in [1.54, 1.807) is 25.1 Å². The van der Waals surface area contributed by atoms with Crippen LogP contribution in [0.4, 0.5) is 5.69 Å². The van der Waals surface area contributed by atoms with Crippen molar-refractivity contribution < 1.29 is 14.7 Å². The van der Waals surface area contributed by atoms with Gasteiger partial charge in [-0.05, 0) is 36.8 Å². The summed E-state index contributed by atoms with van der Waals surface area (Å²) in [5.74, 6) is -1.64. The minimum Gasteiger partial charge on any atom is -0.478 e. The van der Waals surface area contributed by atoms with E-state index in [1.807, 2.05) is 0 Å². The van der Waals surface area contributed by atoms with Gasteiger partial charge in [-0.1, -0.05) is 35.3 Å². The van der Waals surface area contributed by atoms with E-state index >= 15 is 0 Å². The predicted octanol–water partition coefficient (Wildman–Crippen LogP) is 4.25. The normalized spacial score (nSPS) is 10.2.